The van der Waals surface area contributed by atoms with E-state index in [1.807, 2.05) is 49.8 Å². The number of halogens is 1. The minimum atomic E-state index is -0.461. The minimum Gasteiger partial charge on any atom is -0.444 e. The molecule has 0 radical (unpaired) electrons. The normalized spacial score (nSPS) is 11.7. The molecule has 1 aromatic heterocycles. The van der Waals surface area contributed by atoms with Gasteiger partial charge < -0.3 is 9.64 Å². The molecule has 2 rings (SSSR count). The predicted molar refractivity (Wildman–Crippen MR) is 90.9 cm³/mol. The lowest BCUT2D eigenvalue weighted by Gasteiger charge is -2.24. The van der Waals surface area contributed by atoms with Crippen LogP contribution in [-0.4, -0.2) is 40.0 Å². The lowest BCUT2D eigenvalue weighted by molar-refractivity contribution is 0.0295. The first-order valence-corrected chi connectivity index (χ1v) is 8.11. The molecule has 1 amide bonds. The third-order valence-electron chi connectivity index (χ3n) is 3.13. The average molecular weight is 368 g/mol. The summed E-state index contributed by atoms with van der Waals surface area (Å²) in [5.74, 6) is 0. The van der Waals surface area contributed by atoms with Crippen LogP contribution in [0, 0.1) is 0 Å². The van der Waals surface area contributed by atoms with Crippen molar-refractivity contribution < 1.29 is 9.53 Å². The number of hydrogen-bond donors (Lipinski definition) is 0. The van der Waals surface area contributed by atoms with Gasteiger partial charge in [-0.3, -0.25) is 4.68 Å². The molecule has 0 spiro atoms. The van der Waals surface area contributed by atoms with Crippen LogP contribution in [0.15, 0.2) is 28.9 Å². The Hall–Kier alpha value is -1.56. The fourth-order valence-electron chi connectivity index (χ4n) is 2.07. The zero-order valence-corrected chi connectivity index (χ0v) is 15.1. The lowest BCUT2D eigenvalue weighted by atomic mass is 10.2. The number of carbonyl (C=O) groups is 1. The van der Waals surface area contributed by atoms with Crippen LogP contribution in [0.1, 0.15) is 27.2 Å². The molecule has 22 heavy (non-hydrogen) atoms. The van der Waals surface area contributed by atoms with Crippen molar-refractivity contribution in [2.75, 3.05) is 13.6 Å². The van der Waals surface area contributed by atoms with Crippen LogP contribution in [0.3, 0.4) is 0 Å². The van der Waals surface area contributed by atoms with Gasteiger partial charge in [0.1, 0.15) is 5.60 Å². The first-order chi connectivity index (χ1) is 10.3. The van der Waals surface area contributed by atoms with Crippen LogP contribution in [-0.2, 0) is 11.3 Å². The summed E-state index contributed by atoms with van der Waals surface area (Å²) < 4.78 is 8.28. The smallest absolute Gasteiger partial charge is 0.410 e. The molecule has 1 heterocycles. The summed E-state index contributed by atoms with van der Waals surface area (Å²) in [4.78, 5) is 13.5. The van der Waals surface area contributed by atoms with E-state index in [2.05, 4.69) is 21.0 Å². The van der Waals surface area contributed by atoms with Gasteiger partial charge in [-0.15, -0.1) is 0 Å². The topological polar surface area (TPSA) is 47.4 Å². The number of amides is 1. The van der Waals surface area contributed by atoms with E-state index in [1.54, 1.807) is 11.9 Å². The van der Waals surface area contributed by atoms with Crippen molar-refractivity contribution in [3.63, 3.8) is 0 Å². The summed E-state index contributed by atoms with van der Waals surface area (Å²) in [6.07, 6.45) is 2.55. The SMILES string of the molecule is CN(CCCn1cc2c(Br)cccc2n1)C(=O)OC(C)(C)C. The van der Waals surface area contributed by atoms with Gasteiger partial charge in [0, 0.05) is 36.2 Å². The third-order valence-corrected chi connectivity index (χ3v) is 3.82. The molecule has 0 aliphatic heterocycles. The fraction of sp³-hybridized carbons (Fsp3) is 0.500. The van der Waals surface area contributed by atoms with E-state index in [1.165, 1.54) is 0 Å². The third kappa shape index (κ3) is 4.47. The number of carbonyl (C=O) groups excluding carboxylic acids is 1. The molecular formula is C16H22BrN3O2. The highest BCUT2D eigenvalue weighted by atomic mass is 79.9. The molecule has 0 fully saturated rings. The number of ether oxygens (including phenoxy) is 1. The van der Waals surface area contributed by atoms with Gasteiger partial charge in [0.25, 0.3) is 0 Å². The Morgan fingerprint density at radius 1 is 1.41 bits per heavy atom. The first-order valence-electron chi connectivity index (χ1n) is 7.32. The molecular weight excluding hydrogens is 346 g/mol. The van der Waals surface area contributed by atoms with E-state index in [-0.39, 0.29) is 6.09 Å². The highest BCUT2D eigenvalue weighted by molar-refractivity contribution is 9.10. The summed E-state index contributed by atoms with van der Waals surface area (Å²) in [5.41, 5.74) is 0.506. The van der Waals surface area contributed by atoms with Crippen molar-refractivity contribution in [1.29, 1.82) is 0 Å². The van der Waals surface area contributed by atoms with Crippen molar-refractivity contribution in [1.82, 2.24) is 14.7 Å². The number of fused-ring (bicyclic) bond motifs is 1. The molecule has 2 aromatic rings. The molecule has 0 atom stereocenters. The van der Waals surface area contributed by atoms with Crippen molar-refractivity contribution in [3.8, 4) is 0 Å². The largest absolute Gasteiger partial charge is 0.444 e. The maximum absolute atomic E-state index is 11.9. The molecule has 0 bridgehead atoms. The monoisotopic (exact) mass is 367 g/mol. The molecule has 0 saturated heterocycles. The molecule has 0 N–H and O–H groups in total. The lowest BCUT2D eigenvalue weighted by Crippen LogP contribution is -2.35. The first kappa shape index (κ1) is 16.8. The van der Waals surface area contributed by atoms with E-state index < -0.39 is 5.60 Å². The molecule has 5 nitrogen and oxygen atoms in total. The Morgan fingerprint density at radius 2 is 2.14 bits per heavy atom. The number of hydrogen-bond acceptors (Lipinski definition) is 3. The molecule has 0 unspecified atom stereocenters. The van der Waals surface area contributed by atoms with Crippen LogP contribution in [0.5, 0.6) is 0 Å². The quantitative estimate of drug-likeness (QED) is 0.818. The molecule has 120 valence electrons. The minimum absolute atomic E-state index is 0.291. The Labute approximate surface area is 139 Å². The van der Waals surface area contributed by atoms with Crippen molar-refractivity contribution in [2.45, 2.75) is 39.3 Å². The maximum atomic E-state index is 11.9. The Kier molecular flexibility index (Phi) is 5.11. The molecule has 0 aliphatic rings. The van der Waals surface area contributed by atoms with E-state index in [0.29, 0.717) is 6.54 Å². The van der Waals surface area contributed by atoms with Gasteiger partial charge >= 0.3 is 6.09 Å². The van der Waals surface area contributed by atoms with Gasteiger partial charge in [0.2, 0.25) is 0 Å². The average Bonchev–Trinajstić information content (AvgIpc) is 2.81. The van der Waals surface area contributed by atoms with Crippen LogP contribution in [0.25, 0.3) is 10.9 Å². The zero-order valence-electron chi connectivity index (χ0n) is 13.5. The van der Waals surface area contributed by atoms with Gasteiger partial charge in [-0.1, -0.05) is 22.0 Å². The molecule has 1 aromatic carbocycles. The Morgan fingerprint density at radius 3 is 2.77 bits per heavy atom. The fourth-order valence-corrected chi connectivity index (χ4v) is 2.53. The number of aryl methyl sites for hydroxylation is 1. The molecule has 6 heteroatoms. The van der Waals surface area contributed by atoms with E-state index in [9.17, 15) is 4.79 Å². The highest BCUT2D eigenvalue weighted by Crippen LogP contribution is 2.22. The van der Waals surface area contributed by atoms with Gasteiger partial charge in [-0.25, -0.2) is 4.79 Å². The Bertz CT molecular complexity index is 661. The number of aromatic nitrogens is 2. The molecule has 0 aliphatic carbocycles. The second-order valence-electron chi connectivity index (χ2n) is 6.32. The second-order valence-corrected chi connectivity index (χ2v) is 7.17. The van der Waals surface area contributed by atoms with Gasteiger partial charge in [0.05, 0.1) is 5.52 Å². The standard InChI is InChI=1S/C16H22BrN3O2/c1-16(2,3)22-15(21)19(4)9-6-10-20-11-12-13(17)7-5-8-14(12)18-20/h5,7-8,11H,6,9-10H2,1-4H3. The molecule has 0 saturated carbocycles. The summed E-state index contributed by atoms with van der Waals surface area (Å²) in [6.45, 7) is 6.99. The summed E-state index contributed by atoms with van der Waals surface area (Å²) in [5, 5.41) is 5.63. The van der Waals surface area contributed by atoms with Gasteiger partial charge in [-0.2, -0.15) is 5.10 Å². The van der Waals surface area contributed by atoms with Crippen molar-refractivity contribution in [2.24, 2.45) is 0 Å². The maximum Gasteiger partial charge on any atom is 0.410 e. The summed E-state index contributed by atoms with van der Waals surface area (Å²) in [6, 6.07) is 5.97. The van der Waals surface area contributed by atoms with Crippen LogP contribution in [0.4, 0.5) is 4.79 Å². The van der Waals surface area contributed by atoms with E-state index in [0.717, 1.165) is 28.3 Å². The van der Waals surface area contributed by atoms with E-state index >= 15 is 0 Å². The second kappa shape index (κ2) is 6.69. The number of nitrogens with zero attached hydrogens (tertiary/aromatic N) is 3. The summed E-state index contributed by atoms with van der Waals surface area (Å²) >= 11 is 3.53. The predicted octanol–water partition coefficient (Wildman–Crippen LogP) is 4.06. The van der Waals surface area contributed by atoms with Crippen molar-refractivity contribution >= 4 is 32.9 Å². The number of benzene rings is 1. The van der Waals surface area contributed by atoms with Gasteiger partial charge in [-0.05, 0) is 39.3 Å². The highest BCUT2D eigenvalue weighted by Gasteiger charge is 2.19. The van der Waals surface area contributed by atoms with Gasteiger partial charge in [0.15, 0.2) is 0 Å². The Balaban J connectivity index is 1.87. The van der Waals surface area contributed by atoms with E-state index in [4.69, 9.17) is 4.74 Å². The summed E-state index contributed by atoms with van der Waals surface area (Å²) in [7, 11) is 1.75. The van der Waals surface area contributed by atoms with Crippen LogP contribution < -0.4 is 0 Å². The van der Waals surface area contributed by atoms with Crippen molar-refractivity contribution in [3.05, 3.63) is 28.9 Å². The van der Waals surface area contributed by atoms with Crippen LogP contribution >= 0.6 is 15.9 Å². The zero-order chi connectivity index (χ0) is 16.3. The van der Waals surface area contributed by atoms with Crippen LogP contribution in [0.2, 0.25) is 0 Å². The number of rotatable bonds is 4.